The first-order chi connectivity index (χ1) is 8.45. The third-order valence-electron chi connectivity index (χ3n) is 4.16. The van der Waals surface area contributed by atoms with Crippen LogP contribution in [0, 0.1) is 5.92 Å². The van der Waals surface area contributed by atoms with Crippen LogP contribution in [0.5, 0.6) is 0 Å². The highest BCUT2D eigenvalue weighted by Gasteiger charge is 2.30. The first-order valence-corrected chi connectivity index (χ1v) is 8.97. The number of rotatable bonds is 6. The molecule has 18 heavy (non-hydrogen) atoms. The summed E-state index contributed by atoms with van der Waals surface area (Å²) in [5.41, 5.74) is 0. The summed E-state index contributed by atoms with van der Waals surface area (Å²) in [6.45, 7) is 11.4. The lowest BCUT2D eigenvalue weighted by molar-refractivity contribution is 0.0726. The topological polar surface area (TPSA) is 32.3 Å². The van der Waals surface area contributed by atoms with Crippen LogP contribution in [0.1, 0.15) is 40.5 Å². The van der Waals surface area contributed by atoms with Crippen molar-refractivity contribution in [3.8, 4) is 0 Å². The molecule has 1 aliphatic heterocycles. The van der Waals surface area contributed by atoms with E-state index in [9.17, 15) is 4.21 Å². The van der Waals surface area contributed by atoms with Crippen LogP contribution in [-0.2, 0) is 10.8 Å². The molecule has 0 spiro atoms. The third-order valence-corrected chi connectivity index (χ3v) is 4.97. The largest absolute Gasteiger partial charge is 0.311 e. The van der Waals surface area contributed by atoms with Gasteiger partial charge in [-0.15, -0.1) is 0 Å². The van der Waals surface area contributed by atoms with Crippen LogP contribution < -0.4 is 5.32 Å². The Morgan fingerprint density at radius 3 is 2.56 bits per heavy atom. The number of piperazine rings is 1. The van der Waals surface area contributed by atoms with E-state index in [0.29, 0.717) is 24.0 Å². The maximum atomic E-state index is 11.2. The summed E-state index contributed by atoms with van der Waals surface area (Å²) >= 11 is 0. The van der Waals surface area contributed by atoms with E-state index in [1.807, 2.05) is 0 Å². The van der Waals surface area contributed by atoms with Crippen LogP contribution in [0.3, 0.4) is 0 Å². The lowest BCUT2D eigenvalue weighted by Gasteiger charge is -2.44. The van der Waals surface area contributed by atoms with Crippen molar-refractivity contribution in [2.75, 3.05) is 25.1 Å². The molecule has 1 N–H and O–H groups in total. The normalized spacial score (nSPS) is 29.4. The highest BCUT2D eigenvalue weighted by molar-refractivity contribution is 7.84. The van der Waals surface area contributed by atoms with Gasteiger partial charge >= 0.3 is 0 Å². The van der Waals surface area contributed by atoms with Gasteiger partial charge in [0.2, 0.25) is 0 Å². The zero-order valence-electron chi connectivity index (χ0n) is 12.6. The van der Waals surface area contributed by atoms with Crippen LogP contribution in [-0.4, -0.2) is 52.3 Å². The highest BCUT2D eigenvalue weighted by atomic mass is 32.2. The first kappa shape index (κ1) is 16.1. The fraction of sp³-hybridized carbons (Fsp3) is 1.00. The van der Waals surface area contributed by atoms with Crippen molar-refractivity contribution >= 4 is 10.8 Å². The molecule has 0 aromatic carbocycles. The molecular weight excluding hydrogens is 244 g/mol. The second-order valence-corrected chi connectivity index (χ2v) is 7.49. The molecule has 1 rings (SSSR count). The first-order valence-electron chi connectivity index (χ1n) is 7.24. The molecule has 1 heterocycles. The van der Waals surface area contributed by atoms with Gasteiger partial charge in [-0.05, 0) is 25.7 Å². The minimum Gasteiger partial charge on any atom is -0.311 e. The Balaban J connectivity index is 2.58. The molecule has 0 aromatic heterocycles. The molecule has 108 valence electrons. The van der Waals surface area contributed by atoms with Crippen LogP contribution in [0.15, 0.2) is 0 Å². The molecule has 0 bridgehead atoms. The Labute approximate surface area is 115 Å². The molecule has 1 fully saturated rings. The van der Waals surface area contributed by atoms with Crippen LogP contribution in [0.2, 0.25) is 0 Å². The summed E-state index contributed by atoms with van der Waals surface area (Å²) in [6, 6.07) is 1.78. The summed E-state index contributed by atoms with van der Waals surface area (Å²) in [4.78, 5) is 2.63. The average Bonchev–Trinajstić information content (AvgIpc) is 2.34. The van der Waals surface area contributed by atoms with Gasteiger partial charge in [0.1, 0.15) is 0 Å². The van der Waals surface area contributed by atoms with E-state index in [4.69, 9.17) is 0 Å². The zero-order valence-corrected chi connectivity index (χ0v) is 13.4. The lowest BCUT2D eigenvalue weighted by Crippen LogP contribution is -2.60. The Hall–Kier alpha value is 0.0700. The minimum absolute atomic E-state index is 0.544. The molecule has 3 nitrogen and oxygen atoms in total. The number of hydrogen-bond donors (Lipinski definition) is 1. The molecule has 0 aromatic rings. The van der Waals surface area contributed by atoms with E-state index in [1.54, 1.807) is 6.26 Å². The fourth-order valence-corrected chi connectivity index (χ4v) is 3.39. The quantitative estimate of drug-likeness (QED) is 0.802. The Kier molecular flexibility index (Phi) is 6.82. The van der Waals surface area contributed by atoms with Crippen molar-refractivity contribution in [1.82, 2.24) is 10.2 Å². The van der Waals surface area contributed by atoms with E-state index in [2.05, 4.69) is 37.9 Å². The molecule has 4 unspecified atom stereocenters. The van der Waals surface area contributed by atoms with Gasteiger partial charge in [-0.25, -0.2) is 0 Å². The van der Waals surface area contributed by atoms with E-state index in [-0.39, 0.29) is 0 Å². The second-order valence-electron chi connectivity index (χ2n) is 5.93. The molecule has 1 saturated heterocycles. The van der Waals surface area contributed by atoms with E-state index in [1.165, 1.54) is 6.42 Å². The molecule has 4 atom stereocenters. The maximum absolute atomic E-state index is 11.2. The van der Waals surface area contributed by atoms with Gasteiger partial charge in [0.05, 0.1) is 0 Å². The maximum Gasteiger partial charge on any atom is 0.0246 e. The third kappa shape index (κ3) is 4.63. The minimum atomic E-state index is -0.664. The standard InChI is InChI=1S/C14H30N2OS/c1-6-13-9-15-14(11(2)3)10-16(13)12(4)7-8-18(5)17/h11-15H,6-10H2,1-5H3. The van der Waals surface area contributed by atoms with Crippen LogP contribution >= 0.6 is 0 Å². The van der Waals surface area contributed by atoms with E-state index >= 15 is 0 Å². The highest BCUT2D eigenvalue weighted by Crippen LogP contribution is 2.19. The Morgan fingerprint density at radius 2 is 2.06 bits per heavy atom. The van der Waals surface area contributed by atoms with Crippen molar-refractivity contribution in [3.05, 3.63) is 0 Å². The molecular formula is C14H30N2OS. The fourth-order valence-electron chi connectivity index (χ4n) is 2.71. The van der Waals surface area contributed by atoms with Gasteiger partial charge in [0.25, 0.3) is 0 Å². The Morgan fingerprint density at radius 1 is 1.39 bits per heavy atom. The van der Waals surface area contributed by atoms with Crippen LogP contribution in [0.25, 0.3) is 0 Å². The van der Waals surface area contributed by atoms with Gasteiger partial charge in [-0.3, -0.25) is 9.11 Å². The predicted octanol–water partition coefficient (Wildman–Crippen LogP) is 1.85. The number of nitrogens with zero attached hydrogens (tertiary/aromatic N) is 1. The van der Waals surface area contributed by atoms with Crippen molar-refractivity contribution in [1.29, 1.82) is 0 Å². The van der Waals surface area contributed by atoms with Gasteiger partial charge in [0.15, 0.2) is 0 Å². The molecule has 4 heteroatoms. The smallest absolute Gasteiger partial charge is 0.0246 e. The van der Waals surface area contributed by atoms with Gasteiger partial charge in [-0.1, -0.05) is 20.8 Å². The lowest BCUT2D eigenvalue weighted by atomic mass is 9.96. The van der Waals surface area contributed by atoms with Crippen molar-refractivity contribution < 1.29 is 4.21 Å². The summed E-state index contributed by atoms with van der Waals surface area (Å²) in [7, 11) is -0.664. The van der Waals surface area contributed by atoms with E-state index < -0.39 is 10.8 Å². The Bertz CT molecular complexity index is 271. The van der Waals surface area contributed by atoms with E-state index in [0.717, 1.165) is 25.3 Å². The number of hydrogen-bond acceptors (Lipinski definition) is 3. The van der Waals surface area contributed by atoms with Gasteiger partial charge in [-0.2, -0.15) is 0 Å². The monoisotopic (exact) mass is 274 g/mol. The summed E-state index contributed by atoms with van der Waals surface area (Å²) < 4.78 is 11.2. The van der Waals surface area contributed by atoms with Crippen molar-refractivity contribution in [2.24, 2.45) is 5.92 Å². The molecule has 0 saturated carbocycles. The van der Waals surface area contributed by atoms with Crippen molar-refractivity contribution in [2.45, 2.75) is 58.7 Å². The van der Waals surface area contributed by atoms with Crippen LogP contribution in [0.4, 0.5) is 0 Å². The summed E-state index contributed by atoms with van der Waals surface area (Å²) in [5.74, 6) is 1.51. The SMILES string of the molecule is CCC1CNC(C(C)C)CN1C(C)CCS(C)=O. The van der Waals surface area contributed by atoms with Gasteiger partial charge < -0.3 is 5.32 Å². The summed E-state index contributed by atoms with van der Waals surface area (Å²) in [5, 5.41) is 3.67. The molecule has 1 aliphatic rings. The summed E-state index contributed by atoms with van der Waals surface area (Å²) in [6.07, 6.45) is 4.04. The second kappa shape index (κ2) is 7.61. The zero-order chi connectivity index (χ0) is 13.7. The number of nitrogens with one attached hydrogen (secondary N) is 1. The molecule has 0 aliphatic carbocycles. The average molecular weight is 274 g/mol. The molecule has 0 amide bonds. The molecule has 0 radical (unpaired) electrons. The van der Waals surface area contributed by atoms with Gasteiger partial charge in [0, 0.05) is 54.0 Å². The predicted molar refractivity (Wildman–Crippen MR) is 80.4 cm³/mol. The van der Waals surface area contributed by atoms with Crippen molar-refractivity contribution in [3.63, 3.8) is 0 Å².